The number of rotatable bonds is 9. The lowest BCUT2D eigenvalue weighted by atomic mass is 10.2. The van der Waals surface area contributed by atoms with Gasteiger partial charge >= 0.3 is 0 Å². The molecule has 2 saturated carbocycles. The highest BCUT2D eigenvalue weighted by atomic mass is 16.5. The van der Waals surface area contributed by atoms with Crippen molar-refractivity contribution in [2.45, 2.75) is 63.5 Å². The highest BCUT2D eigenvalue weighted by molar-refractivity contribution is 6.07. The quantitative estimate of drug-likeness (QED) is 0.124. The number of pyridine rings is 4. The van der Waals surface area contributed by atoms with E-state index in [0.717, 1.165) is 80.8 Å². The summed E-state index contributed by atoms with van der Waals surface area (Å²) in [5.74, 6) is 2.59. The van der Waals surface area contributed by atoms with Crippen LogP contribution >= 0.6 is 0 Å². The average molecular weight is 863 g/mol. The Balaban J connectivity index is 0.000000144. The van der Waals surface area contributed by atoms with E-state index in [1.54, 1.807) is 31.6 Å². The minimum absolute atomic E-state index is 0.180. The first-order valence-corrected chi connectivity index (χ1v) is 21.7. The molecule has 2 aliphatic rings. The van der Waals surface area contributed by atoms with Crippen molar-refractivity contribution in [2.24, 2.45) is 0 Å². The van der Waals surface area contributed by atoms with E-state index in [0.29, 0.717) is 52.8 Å². The minimum atomic E-state index is -0.180. The van der Waals surface area contributed by atoms with Crippen molar-refractivity contribution in [3.05, 3.63) is 121 Å². The molecule has 65 heavy (non-hydrogen) atoms. The number of fused-ring (bicyclic) bond motifs is 6. The molecule has 0 atom stereocenters. The summed E-state index contributed by atoms with van der Waals surface area (Å²) in [5, 5.41) is 27.8. The number of aromatic nitrogens is 14. The van der Waals surface area contributed by atoms with Gasteiger partial charge in [0.05, 0.1) is 41.9 Å². The van der Waals surface area contributed by atoms with E-state index in [1.807, 2.05) is 79.6 Å². The van der Waals surface area contributed by atoms with E-state index in [1.165, 1.54) is 31.7 Å². The molecule has 10 heterocycles. The molecule has 0 spiro atoms. The molecule has 2 aliphatic carbocycles. The molecular weight excluding hydrogens is 821 g/mol. The molecule has 18 nitrogen and oxygen atoms in total. The van der Waals surface area contributed by atoms with Crippen LogP contribution < -0.4 is 20.9 Å². The predicted molar refractivity (Wildman–Crippen MR) is 247 cm³/mol. The number of anilines is 4. The Kier molecular flexibility index (Phi) is 10.4. The Labute approximate surface area is 370 Å². The van der Waals surface area contributed by atoms with Gasteiger partial charge in [-0.1, -0.05) is 25.7 Å². The van der Waals surface area contributed by atoms with Crippen LogP contribution in [0.5, 0.6) is 5.88 Å². The third kappa shape index (κ3) is 7.78. The Hall–Kier alpha value is -8.28. The first-order valence-electron chi connectivity index (χ1n) is 21.7. The summed E-state index contributed by atoms with van der Waals surface area (Å²) in [4.78, 5) is 45.7. The topological polar surface area (TPSA) is 218 Å². The lowest BCUT2D eigenvalue weighted by molar-refractivity contribution is 0.398. The van der Waals surface area contributed by atoms with Gasteiger partial charge in [0.25, 0.3) is 0 Å². The van der Waals surface area contributed by atoms with Gasteiger partial charge in [-0.2, -0.15) is 9.97 Å². The zero-order valence-electron chi connectivity index (χ0n) is 35.3. The summed E-state index contributed by atoms with van der Waals surface area (Å²) in [6, 6.07) is 19.3. The molecule has 0 saturated heterocycles. The largest absolute Gasteiger partial charge is 0.481 e. The molecule has 0 aliphatic heterocycles. The molecule has 0 unspecified atom stereocenters. The number of hydrogen-bond acceptors (Lipinski definition) is 15. The first kappa shape index (κ1) is 39.6. The minimum Gasteiger partial charge on any atom is -0.481 e. The number of methoxy groups -OCH3 is 1. The van der Waals surface area contributed by atoms with Crippen molar-refractivity contribution in [3.63, 3.8) is 0 Å². The molecule has 3 N–H and O–H groups in total. The maximum atomic E-state index is 11.5. The zero-order valence-corrected chi connectivity index (χ0v) is 35.3. The Bertz CT molecular complexity index is 3370. The molecule has 0 amide bonds. The Morgan fingerprint density at radius 3 is 1.62 bits per heavy atom. The second-order valence-electron chi connectivity index (χ2n) is 16.2. The fourth-order valence-corrected chi connectivity index (χ4v) is 9.14. The van der Waals surface area contributed by atoms with Gasteiger partial charge in [0.2, 0.25) is 23.3 Å². The lowest BCUT2D eigenvalue weighted by Gasteiger charge is -2.14. The van der Waals surface area contributed by atoms with Crippen LogP contribution in [-0.2, 0) is 0 Å². The smallest absolute Gasteiger partial charge is 0.248 e. The van der Waals surface area contributed by atoms with Crippen LogP contribution in [0.25, 0.3) is 66.4 Å². The monoisotopic (exact) mass is 862 g/mol. The molecule has 10 aromatic heterocycles. The fourth-order valence-electron chi connectivity index (χ4n) is 9.14. The summed E-state index contributed by atoms with van der Waals surface area (Å²) in [6.07, 6.45) is 24.1. The van der Waals surface area contributed by atoms with Crippen molar-refractivity contribution in [1.29, 1.82) is 0 Å². The predicted octanol–water partition coefficient (Wildman–Crippen LogP) is 8.68. The number of hydrogen-bond donors (Lipinski definition) is 3. The van der Waals surface area contributed by atoms with Crippen molar-refractivity contribution in [1.82, 2.24) is 69.4 Å². The summed E-state index contributed by atoms with van der Waals surface area (Å²) in [5.41, 5.74) is 6.81. The van der Waals surface area contributed by atoms with E-state index in [-0.39, 0.29) is 5.56 Å². The molecular formula is C47H42N16O2. The Morgan fingerprint density at radius 1 is 0.585 bits per heavy atom. The van der Waals surface area contributed by atoms with Crippen LogP contribution in [0.4, 0.5) is 23.5 Å². The molecule has 10 aromatic rings. The van der Waals surface area contributed by atoms with Gasteiger partial charge < -0.3 is 29.5 Å². The van der Waals surface area contributed by atoms with Crippen molar-refractivity contribution in [2.75, 3.05) is 17.7 Å². The summed E-state index contributed by atoms with van der Waals surface area (Å²) >= 11 is 0. The van der Waals surface area contributed by atoms with Gasteiger partial charge in [-0.15, -0.1) is 20.4 Å². The molecule has 322 valence electrons. The van der Waals surface area contributed by atoms with Crippen LogP contribution in [0.15, 0.2) is 115 Å². The summed E-state index contributed by atoms with van der Waals surface area (Å²) < 4.78 is 9.84. The van der Waals surface area contributed by atoms with Crippen molar-refractivity contribution >= 4 is 67.4 Å². The molecule has 2 fully saturated rings. The molecule has 0 radical (unpaired) electrons. The van der Waals surface area contributed by atoms with Crippen LogP contribution in [0, 0.1) is 0 Å². The van der Waals surface area contributed by atoms with Crippen molar-refractivity contribution < 1.29 is 4.74 Å². The summed E-state index contributed by atoms with van der Waals surface area (Å²) in [6.45, 7) is 0. The number of nitrogens with zero attached hydrogens (tertiary/aromatic N) is 13. The maximum Gasteiger partial charge on any atom is 0.248 e. The maximum absolute atomic E-state index is 11.5. The molecule has 0 aromatic carbocycles. The van der Waals surface area contributed by atoms with Gasteiger partial charge in [0.1, 0.15) is 11.3 Å². The van der Waals surface area contributed by atoms with Gasteiger partial charge in [-0.25, -0.2) is 15.0 Å². The number of H-pyrrole nitrogens is 1. The second-order valence-corrected chi connectivity index (χ2v) is 16.2. The van der Waals surface area contributed by atoms with E-state index >= 15 is 0 Å². The van der Waals surface area contributed by atoms with Gasteiger partial charge in [-0.05, 0) is 74.2 Å². The highest BCUT2D eigenvalue weighted by Crippen LogP contribution is 2.39. The standard InChI is InChI=1S/C24H22N8O.C23H20N8O/c1-33-22-12-15(8-11-26-22)19-6-7-21(31-30-19)28-24-27-13-18-17-9-10-25-14-20(17)32(23(18)29-24)16-4-2-3-5-16;32-21-11-14(7-10-25-21)18-5-6-20(30-29-18)27-23-26-12-17-16-8-9-24-13-19(16)31(22(17)28-23)15-3-1-2-4-15/h6-14,16H,2-5H2,1H3,(H,27,28,29,31);5-13,15H,1-4H2,(H,25,32)(H,26,27,28,30). The molecule has 18 heteroatoms. The summed E-state index contributed by atoms with van der Waals surface area (Å²) in [7, 11) is 1.59. The van der Waals surface area contributed by atoms with Crippen LogP contribution in [-0.4, -0.2) is 76.5 Å². The average Bonchev–Trinajstić information content (AvgIpc) is 4.19. The molecule has 0 bridgehead atoms. The number of aromatic amines is 1. The Morgan fingerprint density at radius 2 is 1.12 bits per heavy atom. The highest BCUT2D eigenvalue weighted by Gasteiger charge is 2.25. The third-order valence-corrected chi connectivity index (χ3v) is 12.2. The van der Waals surface area contributed by atoms with Crippen molar-refractivity contribution in [3.8, 4) is 28.4 Å². The van der Waals surface area contributed by atoms with E-state index in [9.17, 15) is 4.79 Å². The second kappa shape index (κ2) is 17.1. The fraction of sp³-hybridized carbons (Fsp3) is 0.234. The normalized spacial score (nSPS) is 14.3. The van der Waals surface area contributed by atoms with Gasteiger partial charge in [0.15, 0.2) is 11.6 Å². The van der Waals surface area contributed by atoms with Gasteiger partial charge in [-0.3, -0.25) is 14.8 Å². The van der Waals surface area contributed by atoms with Gasteiger partial charge in [0, 0.05) is 94.1 Å². The van der Waals surface area contributed by atoms with Crippen LogP contribution in [0.1, 0.15) is 63.5 Å². The number of ether oxygens (including phenoxy) is 1. The van der Waals surface area contributed by atoms with Crippen LogP contribution in [0.3, 0.4) is 0 Å². The lowest BCUT2D eigenvalue weighted by Crippen LogP contribution is -2.07. The third-order valence-electron chi connectivity index (χ3n) is 12.2. The van der Waals surface area contributed by atoms with E-state index in [2.05, 4.69) is 70.1 Å². The number of nitrogens with one attached hydrogen (secondary N) is 3. The molecule has 12 rings (SSSR count). The van der Waals surface area contributed by atoms with Crippen LogP contribution in [0.2, 0.25) is 0 Å². The van der Waals surface area contributed by atoms with E-state index < -0.39 is 0 Å². The SMILES string of the molecule is COc1cc(-c2ccc(Nc3ncc4c5ccncc5n(C5CCCC5)c4n3)nn2)ccn1.O=c1cc(-c2ccc(Nc3ncc4c5ccncc5n(C5CCCC5)c4n3)nn2)cc[nH]1. The first-order chi connectivity index (χ1) is 32.1. The van der Waals surface area contributed by atoms with E-state index in [4.69, 9.17) is 14.7 Å². The zero-order chi connectivity index (χ0) is 43.7.